The van der Waals surface area contributed by atoms with E-state index in [-0.39, 0.29) is 0 Å². The Kier molecular flexibility index (Phi) is 4.23. The SMILES string of the molecule is COc1ccc(OC)c(C(O)Cc2cccs2)c1. The molecule has 0 spiro atoms. The molecule has 0 bridgehead atoms. The maximum Gasteiger partial charge on any atom is 0.124 e. The Balaban J connectivity index is 2.24. The summed E-state index contributed by atoms with van der Waals surface area (Å²) in [6, 6.07) is 9.44. The highest BCUT2D eigenvalue weighted by Gasteiger charge is 2.15. The van der Waals surface area contributed by atoms with Crippen molar-refractivity contribution in [2.45, 2.75) is 12.5 Å². The molecule has 2 rings (SSSR count). The first-order valence-corrected chi connectivity index (χ1v) is 6.55. The lowest BCUT2D eigenvalue weighted by Gasteiger charge is -2.15. The summed E-state index contributed by atoms with van der Waals surface area (Å²) in [5.41, 5.74) is 0.755. The predicted octanol–water partition coefficient (Wildman–Crippen LogP) is 3.04. The van der Waals surface area contributed by atoms with Crippen molar-refractivity contribution < 1.29 is 14.6 Å². The van der Waals surface area contributed by atoms with Gasteiger partial charge in [0.05, 0.1) is 20.3 Å². The lowest BCUT2D eigenvalue weighted by Crippen LogP contribution is -2.03. The van der Waals surface area contributed by atoms with Crippen molar-refractivity contribution in [1.82, 2.24) is 0 Å². The van der Waals surface area contributed by atoms with Crippen molar-refractivity contribution >= 4 is 11.3 Å². The Labute approximate surface area is 111 Å². The van der Waals surface area contributed by atoms with E-state index in [0.29, 0.717) is 12.2 Å². The third-order valence-corrected chi connectivity index (χ3v) is 3.67. The minimum absolute atomic E-state index is 0.585. The lowest BCUT2D eigenvalue weighted by molar-refractivity contribution is 0.174. The fourth-order valence-electron chi connectivity index (χ4n) is 1.83. The van der Waals surface area contributed by atoms with Crippen molar-refractivity contribution in [2.75, 3.05) is 14.2 Å². The van der Waals surface area contributed by atoms with Crippen molar-refractivity contribution in [3.8, 4) is 11.5 Å². The van der Waals surface area contributed by atoms with Crippen LogP contribution in [-0.2, 0) is 6.42 Å². The number of hydrogen-bond acceptors (Lipinski definition) is 4. The largest absolute Gasteiger partial charge is 0.497 e. The Morgan fingerprint density at radius 2 is 2.06 bits per heavy atom. The number of hydrogen-bond donors (Lipinski definition) is 1. The topological polar surface area (TPSA) is 38.7 Å². The maximum absolute atomic E-state index is 10.3. The van der Waals surface area contributed by atoms with Crippen LogP contribution in [0.2, 0.25) is 0 Å². The van der Waals surface area contributed by atoms with Gasteiger partial charge in [-0.1, -0.05) is 6.07 Å². The van der Waals surface area contributed by atoms with Gasteiger partial charge in [0.15, 0.2) is 0 Å². The molecule has 18 heavy (non-hydrogen) atoms. The molecule has 0 aliphatic heterocycles. The molecule has 1 aromatic carbocycles. The Hall–Kier alpha value is -1.52. The zero-order chi connectivity index (χ0) is 13.0. The molecule has 1 aromatic heterocycles. The van der Waals surface area contributed by atoms with Gasteiger partial charge in [-0.3, -0.25) is 0 Å². The molecule has 1 N–H and O–H groups in total. The van der Waals surface area contributed by atoms with Gasteiger partial charge in [0.1, 0.15) is 11.5 Å². The molecule has 0 amide bonds. The average molecular weight is 264 g/mol. The van der Waals surface area contributed by atoms with E-state index in [1.54, 1.807) is 25.6 Å². The van der Waals surface area contributed by atoms with E-state index in [1.807, 2.05) is 35.7 Å². The van der Waals surface area contributed by atoms with Crippen molar-refractivity contribution in [3.63, 3.8) is 0 Å². The summed E-state index contributed by atoms with van der Waals surface area (Å²) in [5.74, 6) is 1.40. The average Bonchev–Trinajstić information content (AvgIpc) is 2.90. The van der Waals surface area contributed by atoms with Crippen LogP contribution in [0.3, 0.4) is 0 Å². The molecule has 2 aromatic rings. The Bertz CT molecular complexity index is 494. The highest BCUT2D eigenvalue weighted by atomic mass is 32.1. The van der Waals surface area contributed by atoms with E-state index in [9.17, 15) is 5.11 Å². The third kappa shape index (κ3) is 2.83. The first-order valence-electron chi connectivity index (χ1n) is 5.67. The predicted molar refractivity (Wildman–Crippen MR) is 72.5 cm³/mol. The summed E-state index contributed by atoms with van der Waals surface area (Å²) in [7, 11) is 3.21. The first-order chi connectivity index (χ1) is 8.74. The standard InChI is InChI=1S/C14H16O3S/c1-16-10-5-6-14(17-2)12(8-10)13(15)9-11-4-3-7-18-11/h3-8,13,15H,9H2,1-2H3. The second-order valence-corrected chi connectivity index (χ2v) is 4.94. The molecule has 3 nitrogen and oxygen atoms in total. The second-order valence-electron chi connectivity index (χ2n) is 3.91. The number of aliphatic hydroxyl groups excluding tert-OH is 1. The third-order valence-electron chi connectivity index (χ3n) is 2.77. The van der Waals surface area contributed by atoms with Crippen LogP contribution in [-0.4, -0.2) is 19.3 Å². The van der Waals surface area contributed by atoms with Crippen LogP contribution < -0.4 is 9.47 Å². The van der Waals surface area contributed by atoms with E-state index in [2.05, 4.69) is 0 Å². The van der Waals surface area contributed by atoms with Gasteiger partial charge < -0.3 is 14.6 Å². The summed E-state index contributed by atoms with van der Waals surface area (Å²) in [4.78, 5) is 1.15. The number of rotatable bonds is 5. The minimum atomic E-state index is -0.589. The molecule has 0 saturated carbocycles. The Morgan fingerprint density at radius 3 is 2.67 bits per heavy atom. The molecular weight excluding hydrogens is 248 g/mol. The monoisotopic (exact) mass is 264 g/mol. The van der Waals surface area contributed by atoms with Crippen molar-refractivity contribution in [1.29, 1.82) is 0 Å². The van der Waals surface area contributed by atoms with Crippen molar-refractivity contribution in [2.24, 2.45) is 0 Å². The zero-order valence-electron chi connectivity index (χ0n) is 10.4. The number of aliphatic hydroxyl groups is 1. The molecule has 0 fully saturated rings. The van der Waals surface area contributed by atoms with E-state index in [4.69, 9.17) is 9.47 Å². The second kappa shape index (κ2) is 5.89. The summed E-state index contributed by atoms with van der Waals surface area (Å²) >= 11 is 1.64. The summed E-state index contributed by atoms with van der Waals surface area (Å²) in [6.45, 7) is 0. The Morgan fingerprint density at radius 1 is 1.22 bits per heavy atom. The molecule has 0 saturated heterocycles. The number of thiophene rings is 1. The van der Waals surface area contributed by atoms with Gasteiger partial charge in [-0.15, -0.1) is 11.3 Å². The molecule has 0 radical (unpaired) electrons. The molecule has 0 aliphatic rings. The fraction of sp³-hybridized carbons (Fsp3) is 0.286. The van der Waals surface area contributed by atoms with Crippen molar-refractivity contribution in [3.05, 3.63) is 46.2 Å². The van der Waals surface area contributed by atoms with Gasteiger partial charge in [0, 0.05) is 16.9 Å². The number of ether oxygens (including phenoxy) is 2. The van der Waals surface area contributed by atoms with E-state index < -0.39 is 6.10 Å². The molecular formula is C14H16O3S. The van der Waals surface area contributed by atoms with Crippen LogP contribution in [0, 0.1) is 0 Å². The molecule has 1 unspecified atom stereocenters. The van der Waals surface area contributed by atoms with Crippen LogP contribution in [0.15, 0.2) is 35.7 Å². The summed E-state index contributed by atoms with van der Waals surface area (Å²) < 4.78 is 10.4. The van der Waals surface area contributed by atoms with E-state index >= 15 is 0 Å². The van der Waals surface area contributed by atoms with Gasteiger partial charge in [-0.25, -0.2) is 0 Å². The molecule has 4 heteroatoms. The van der Waals surface area contributed by atoms with Crippen LogP contribution in [0.1, 0.15) is 16.5 Å². The first kappa shape index (κ1) is 12.9. The van der Waals surface area contributed by atoms with Gasteiger partial charge in [-0.05, 0) is 29.6 Å². The van der Waals surface area contributed by atoms with Crippen LogP contribution in [0.4, 0.5) is 0 Å². The van der Waals surface area contributed by atoms with Gasteiger partial charge in [0.25, 0.3) is 0 Å². The molecule has 0 aliphatic carbocycles. The quantitative estimate of drug-likeness (QED) is 0.902. The molecule has 1 heterocycles. The van der Waals surface area contributed by atoms with E-state index in [1.165, 1.54) is 0 Å². The highest BCUT2D eigenvalue weighted by molar-refractivity contribution is 7.09. The smallest absolute Gasteiger partial charge is 0.124 e. The summed E-state index contributed by atoms with van der Waals surface area (Å²) in [6.07, 6.45) is -0.00465. The summed E-state index contributed by atoms with van der Waals surface area (Å²) in [5, 5.41) is 12.3. The lowest BCUT2D eigenvalue weighted by atomic mass is 10.0. The van der Waals surface area contributed by atoms with Gasteiger partial charge in [0.2, 0.25) is 0 Å². The van der Waals surface area contributed by atoms with E-state index in [0.717, 1.165) is 16.2 Å². The van der Waals surface area contributed by atoms with Crippen LogP contribution in [0.5, 0.6) is 11.5 Å². The molecule has 96 valence electrons. The maximum atomic E-state index is 10.3. The fourth-order valence-corrected chi connectivity index (χ4v) is 2.57. The van der Waals surface area contributed by atoms with Crippen LogP contribution in [0.25, 0.3) is 0 Å². The minimum Gasteiger partial charge on any atom is -0.497 e. The molecule has 1 atom stereocenters. The van der Waals surface area contributed by atoms with Gasteiger partial charge >= 0.3 is 0 Å². The van der Waals surface area contributed by atoms with Gasteiger partial charge in [-0.2, -0.15) is 0 Å². The zero-order valence-corrected chi connectivity index (χ0v) is 11.2. The number of benzene rings is 1. The highest BCUT2D eigenvalue weighted by Crippen LogP contribution is 2.31. The normalized spacial score (nSPS) is 12.2. The number of methoxy groups -OCH3 is 2. The van der Waals surface area contributed by atoms with Crippen LogP contribution >= 0.6 is 11.3 Å².